The fraction of sp³-hybridized carbons (Fsp3) is 0.278. The lowest BCUT2D eigenvalue weighted by Gasteiger charge is -2.18. The van der Waals surface area contributed by atoms with Gasteiger partial charge in [0.1, 0.15) is 17.2 Å². The normalized spacial score (nSPS) is 11.5. The van der Waals surface area contributed by atoms with Gasteiger partial charge >= 0.3 is 0 Å². The number of amides is 1. The van der Waals surface area contributed by atoms with Crippen LogP contribution in [0.1, 0.15) is 28.9 Å². The molecule has 2 aromatic rings. The van der Waals surface area contributed by atoms with Gasteiger partial charge in [0.05, 0.1) is 27.4 Å². The standard InChI is InChI=1S/C18H21NO4/c1-12(16-11-15(22-3)9-10-17(16)23-4)19-18(20)13-5-7-14(21-2)8-6-13/h5-12H,1-4H3,(H,19,20)/t12-/m1/s1. The van der Waals surface area contributed by atoms with E-state index in [-0.39, 0.29) is 11.9 Å². The molecule has 0 aliphatic heterocycles. The second-order valence-electron chi connectivity index (χ2n) is 5.03. The van der Waals surface area contributed by atoms with Crippen LogP contribution in [0.4, 0.5) is 0 Å². The molecule has 0 bridgehead atoms. The van der Waals surface area contributed by atoms with Crippen LogP contribution in [0.2, 0.25) is 0 Å². The molecule has 5 heteroatoms. The molecule has 2 aromatic carbocycles. The average molecular weight is 315 g/mol. The number of carbonyl (C=O) groups excluding carboxylic acids is 1. The molecule has 0 aliphatic carbocycles. The summed E-state index contributed by atoms with van der Waals surface area (Å²) in [5.74, 6) is 1.97. The summed E-state index contributed by atoms with van der Waals surface area (Å²) in [6.07, 6.45) is 0. The first-order chi connectivity index (χ1) is 11.1. The van der Waals surface area contributed by atoms with Crippen LogP contribution in [-0.2, 0) is 0 Å². The summed E-state index contributed by atoms with van der Waals surface area (Å²) in [6.45, 7) is 1.90. The summed E-state index contributed by atoms with van der Waals surface area (Å²) in [5.41, 5.74) is 1.42. The molecule has 1 atom stereocenters. The number of methoxy groups -OCH3 is 3. The number of hydrogen-bond donors (Lipinski definition) is 1. The molecule has 5 nitrogen and oxygen atoms in total. The topological polar surface area (TPSA) is 56.8 Å². The Hall–Kier alpha value is -2.69. The summed E-state index contributed by atoms with van der Waals surface area (Å²) >= 11 is 0. The van der Waals surface area contributed by atoms with E-state index < -0.39 is 0 Å². The van der Waals surface area contributed by atoms with E-state index in [9.17, 15) is 4.79 Å². The summed E-state index contributed by atoms with van der Waals surface area (Å²) in [5, 5.41) is 2.96. The second kappa shape index (κ2) is 7.54. The van der Waals surface area contributed by atoms with E-state index in [1.54, 1.807) is 45.6 Å². The van der Waals surface area contributed by atoms with Gasteiger partial charge in [-0.05, 0) is 49.4 Å². The van der Waals surface area contributed by atoms with E-state index in [1.807, 2.05) is 25.1 Å². The molecule has 0 spiro atoms. The number of hydrogen-bond acceptors (Lipinski definition) is 4. The first-order valence-electron chi connectivity index (χ1n) is 7.26. The molecule has 0 heterocycles. The molecule has 0 saturated heterocycles. The SMILES string of the molecule is COc1ccc(C(=O)N[C@H](C)c2cc(OC)ccc2OC)cc1. The minimum Gasteiger partial charge on any atom is -0.497 e. The zero-order valence-corrected chi connectivity index (χ0v) is 13.8. The van der Waals surface area contributed by atoms with Gasteiger partial charge in [-0.15, -0.1) is 0 Å². The Morgan fingerprint density at radius 1 is 0.913 bits per heavy atom. The van der Waals surface area contributed by atoms with Crippen molar-refractivity contribution < 1.29 is 19.0 Å². The molecule has 122 valence electrons. The molecular weight excluding hydrogens is 294 g/mol. The van der Waals surface area contributed by atoms with Crippen molar-refractivity contribution in [2.75, 3.05) is 21.3 Å². The van der Waals surface area contributed by atoms with Gasteiger partial charge in [0.2, 0.25) is 0 Å². The Morgan fingerprint density at radius 2 is 1.52 bits per heavy atom. The van der Waals surface area contributed by atoms with Crippen LogP contribution >= 0.6 is 0 Å². The largest absolute Gasteiger partial charge is 0.497 e. The number of ether oxygens (including phenoxy) is 3. The third kappa shape index (κ3) is 3.94. The highest BCUT2D eigenvalue weighted by Crippen LogP contribution is 2.29. The van der Waals surface area contributed by atoms with Crippen molar-refractivity contribution in [1.29, 1.82) is 0 Å². The molecule has 0 aromatic heterocycles. The van der Waals surface area contributed by atoms with Crippen molar-refractivity contribution in [3.8, 4) is 17.2 Å². The maximum Gasteiger partial charge on any atom is 0.251 e. The fourth-order valence-electron chi connectivity index (χ4n) is 2.28. The van der Waals surface area contributed by atoms with Crippen LogP contribution in [0.3, 0.4) is 0 Å². The van der Waals surface area contributed by atoms with E-state index >= 15 is 0 Å². The number of rotatable bonds is 6. The molecule has 23 heavy (non-hydrogen) atoms. The van der Waals surface area contributed by atoms with Gasteiger partial charge in [-0.1, -0.05) is 0 Å². The van der Waals surface area contributed by atoms with Crippen LogP contribution < -0.4 is 19.5 Å². The molecule has 0 unspecified atom stereocenters. The average Bonchev–Trinajstić information content (AvgIpc) is 2.61. The monoisotopic (exact) mass is 315 g/mol. The first kappa shape index (κ1) is 16.7. The lowest BCUT2D eigenvalue weighted by atomic mass is 10.1. The Morgan fingerprint density at radius 3 is 2.09 bits per heavy atom. The number of carbonyl (C=O) groups is 1. The Bertz CT molecular complexity index is 667. The highest BCUT2D eigenvalue weighted by atomic mass is 16.5. The maximum absolute atomic E-state index is 12.4. The van der Waals surface area contributed by atoms with Crippen molar-refractivity contribution in [3.05, 3.63) is 53.6 Å². The number of benzene rings is 2. The van der Waals surface area contributed by atoms with Gasteiger partial charge in [-0.2, -0.15) is 0 Å². The molecular formula is C18H21NO4. The molecule has 0 aliphatic rings. The van der Waals surface area contributed by atoms with E-state index in [0.717, 1.165) is 5.56 Å². The van der Waals surface area contributed by atoms with Crippen LogP contribution in [-0.4, -0.2) is 27.2 Å². The van der Waals surface area contributed by atoms with Gasteiger partial charge < -0.3 is 19.5 Å². The van der Waals surface area contributed by atoms with Gasteiger partial charge in [-0.25, -0.2) is 0 Å². The zero-order chi connectivity index (χ0) is 16.8. The van der Waals surface area contributed by atoms with Crippen LogP contribution in [0.25, 0.3) is 0 Å². The maximum atomic E-state index is 12.4. The summed E-state index contributed by atoms with van der Waals surface area (Å²) in [6, 6.07) is 12.2. The third-order valence-corrected chi connectivity index (χ3v) is 3.60. The van der Waals surface area contributed by atoms with Crippen molar-refractivity contribution in [2.24, 2.45) is 0 Å². The van der Waals surface area contributed by atoms with Gasteiger partial charge in [0.15, 0.2) is 0 Å². The molecule has 2 rings (SSSR count). The number of nitrogens with one attached hydrogen (secondary N) is 1. The van der Waals surface area contributed by atoms with Crippen LogP contribution in [0.15, 0.2) is 42.5 Å². The van der Waals surface area contributed by atoms with E-state index in [0.29, 0.717) is 22.8 Å². The Kier molecular flexibility index (Phi) is 5.46. The summed E-state index contributed by atoms with van der Waals surface area (Å²) in [4.78, 5) is 12.4. The Labute approximate surface area is 136 Å². The lowest BCUT2D eigenvalue weighted by molar-refractivity contribution is 0.0939. The predicted octanol–water partition coefficient (Wildman–Crippen LogP) is 3.20. The van der Waals surface area contributed by atoms with Gasteiger partial charge in [-0.3, -0.25) is 4.79 Å². The van der Waals surface area contributed by atoms with Crippen molar-refractivity contribution >= 4 is 5.91 Å². The van der Waals surface area contributed by atoms with Gasteiger partial charge in [0, 0.05) is 11.1 Å². The minimum absolute atomic E-state index is 0.162. The molecule has 1 amide bonds. The third-order valence-electron chi connectivity index (χ3n) is 3.60. The van der Waals surface area contributed by atoms with Crippen molar-refractivity contribution in [2.45, 2.75) is 13.0 Å². The van der Waals surface area contributed by atoms with Crippen LogP contribution in [0, 0.1) is 0 Å². The molecule has 0 radical (unpaired) electrons. The molecule has 1 N–H and O–H groups in total. The van der Waals surface area contributed by atoms with E-state index in [2.05, 4.69) is 5.32 Å². The summed E-state index contributed by atoms with van der Waals surface area (Å²) in [7, 11) is 4.79. The van der Waals surface area contributed by atoms with Crippen LogP contribution in [0.5, 0.6) is 17.2 Å². The van der Waals surface area contributed by atoms with E-state index in [4.69, 9.17) is 14.2 Å². The Balaban J connectivity index is 2.17. The van der Waals surface area contributed by atoms with Gasteiger partial charge in [0.25, 0.3) is 5.91 Å². The second-order valence-corrected chi connectivity index (χ2v) is 5.03. The zero-order valence-electron chi connectivity index (χ0n) is 13.8. The quantitative estimate of drug-likeness (QED) is 0.889. The molecule has 0 fully saturated rings. The van der Waals surface area contributed by atoms with Crippen molar-refractivity contribution in [1.82, 2.24) is 5.32 Å². The lowest BCUT2D eigenvalue weighted by Crippen LogP contribution is -2.26. The first-order valence-corrected chi connectivity index (χ1v) is 7.26. The molecule has 0 saturated carbocycles. The summed E-state index contributed by atoms with van der Waals surface area (Å²) < 4.78 is 15.7. The minimum atomic E-state index is -0.227. The smallest absolute Gasteiger partial charge is 0.251 e. The highest BCUT2D eigenvalue weighted by molar-refractivity contribution is 5.94. The predicted molar refractivity (Wildman–Crippen MR) is 88.4 cm³/mol. The fourth-order valence-corrected chi connectivity index (χ4v) is 2.28. The van der Waals surface area contributed by atoms with E-state index in [1.165, 1.54) is 0 Å². The van der Waals surface area contributed by atoms with Crippen molar-refractivity contribution in [3.63, 3.8) is 0 Å². The highest BCUT2D eigenvalue weighted by Gasteiger charge is 2.16.